The van der Waals surface area contributed by atoms with Crippen LogP contribution < -0.4 is 10.4 Å². The van der Waals surface area contributed by atoms with Crippen LogP contribution in [0, 0.1) is 6.92 Å². The van der Waals surface area contributed by atoms with Crippen LogP contribution in [0.1, 0.15) is 35.1 Å². The lowest BCUT2D eigenvalue weighted by Gasteiger charge is -2.04. The zero-order valence-corrected chi connectivity index (χ0v) is 15.4. The Morgan fingerprint density at radius 2 is 2.16 bits per heavy atom. The van der Waals surface area contributed by atoms with E-state index in [4.69, 9.17) is 4.74 Å². The number of hydrogen-bond donors (Lipinski definition) is 1. The molecule has 2 heterocycles. The number of hydrogen-bond acceptors (Lipinski definition) is 6. The molecule has 0 aliphatic heterocycles. The van der Waals surface area contributed by atoms with Crippen molar-refractivity contribution in [3.63, 3.8) is 0 Å². The van der Waals surface area contributed by atoms with E-state index in [2.05, 4.69) is 22.1 Å². The molecular formula is C17H18N4O2S2. The van der Waals surface area contributed by atoms with Crippen LogP contribution >= 0.6 is 23.1 Å². The fourth-order valence-electron chi connectivity index (χ4n) is 2.45. The minimum atomic E-state index is -0.115. The van der Waals surface area contributed by atoms with E-state index < -0.39 is 0 Å². The molecular weight excluding hydrogens is 356 g/mol. The second-order valence-corrected chi connectivity index (χ2v) is 7.92. The first-order valence-electron chi connectivity index (χ1n) is 8.11. The molecule has 1 aliphatic carbocycles. The van der Waals surface area contributed by atoms with E-state index >= 15 is 0 Å². The molecule has 1 saturated carbocycles. The molecule has 1 fully saturated rings. The van der Waals surface area contributed by atoms with E-state index in [9.17, 15) is 4.79 Å². The van der Waals surface area contributed by atoms with Gasteiger partial charge in [-0.3, -0.25) is 4.57 Å². The van der Waals surface area contributed by atoms with Crippen LogP contribution in [0.25, 0.3) is 0 Å². The third kappa shape index (κ3) is 3.96. The third-order valence-corrected chi connectivity index (χ3v) is 5.77. The first-order valence-corrected chi connectivity index (χ1v) is 9.98. The molecule has 130 valence electrons. The van der Waals surface area contributed by atoms with Crippen molar-refractivity contribution in [2.45, 2.75) is 43.3 Å². The highest BCUT2D eigenvalue weighted by molar-refractivity contribution is 7.98. The van der Waals surface area contributed by atoms with Gasteiger partial charge in [0.25, 0.3) is 0 Å². The standard InChI is InChI=1S/C17H18N4O2S2/c1-11-2-6-14(7-3-11)23-8-15-18-12(9-24-15)10-25-17-20-19-16(22)21(17)13-4-5-13/h2-3,6-7,9,13H,4-5,8,10H2,1H3,(H,19,22). The summed E-state index contributed by atoms with van der Waals surface area (Å²) in [5.74, 6) is 1.54. The number of aromatic amines is 1. The van der Waals surface area contributed by atoms with Gasteiger partial charge in [0.2, 0.25) is 0 Å². The molecule has 1 aromatic carbocycles. The maximum atomic E-state index is 11.8. The highest BCUT2D eigenvalue weighted by Gasteiger charge is 2.28. The summed E-state index contributed by atoms with van der Waals surface area (Å²) in [5.41, 5.74) is 2.08. The summed E-state index contributed by atoms with van der Waals surface area (Å²) in [5, 5.41) is 10.4. The summed E-state index contributed by atoms with van der Waals surface area (Å²) in [6.07, 6.45) is 2.12. The molecule has 0 spiro atoms. The maximum Gasteiger partial charge on any atom is 0.344 e. The topological polar surface area (TPSA) is 72.8 Å². The molecule has 1 aliphatic rings. The Kier molecular flexibility index (Phi) is 4.63. The summed E-state index contributed by atoms with van der Waals surface area (Å²) < 4.78 is 7.53. The molecule has 0 atom stereocenters. The number of aromatic nitrogens is 4. The van der Waals surface area contributed by atoms with Gasteiger partial charge < -0.3 is 4.74 Å². The number of H-pyrrole nitrogens is 1. The minimum Gasteiger partial charge on any atom is -0.486 e. The average molecular weight is 374 g/mol. The summed E-state index contributed by atoms with van der Waals surface area (Å²) in [6, 6.07) is 8.32. The molecule has 0 amide bonds. The van der Waals surface area contributed by atoms with Gasteiger partial charge in [0, 0.05) is 17.2 Å². The summed E-state index contributed by atoms with van der Waals surface area (Å²) in [7, 11) is 0. The Hall–Kier alpha value is -2.06. The van der Waals surface area contributed by atoms with E-state index in [1.54, 1.807) is 27.7 Å². The lowest BCUT2D eigenvalue weighted by atomic mass is 10.2. The third-order valence-electron chi connectivity index (χ3n) is 3.92. The Morgan fingerprint density at radius 3 is 2.92 bits per heavy atom. The molecule has 0 radical (unpaired) electrons. The Balaban J connectivity index is 1.34. The molecule has 2 aromatic heterocycles. The van der Waals surface area contributed by atoms with Crippen LogP contribution in [0.2, 0.25) is 0 Å². The largest absolute Gasteiger partial charge is 0.486 e. The van der Waals surface area contributed by atoms with Gasteiger partial charge >= 0.3 is 5.69 Å². The van der Waals surface area contributed by atoms with E-state index in [1.165, 1.54) is 5.56 Å². The lowest BCUT2D eigenvalue weighted by molar-refractivity contribution is 0.305. The number of thiazole rings is 1. The summed E-state index contributed by atoms with van der Waals surface area (Å²) >= 11 is 3.13. The lowest BCUT2D eigenvalue weighted by Crippen LogP contribution is -2.16. The molecule has 0 bridgehead atoms. The molecule has 0 saturated heterocycles. The van der Waals surface area contributed by atoms with E-state index in [0.29, 0.717) is 18.4 Å². The zero-order chi connectivity index (χ0) is 17.2. The molecule has 1 N–H and O–H groups in total. The normalized spacial score (nSPS) is 14.0. The smallest absolute Gasteiger partial charge is 0.344 e. The monoisotopic (exact) mass is 374 g/mol. The second-order valence-electron chi connectivity index (χ2n) is 6.04. The van der Waals surface area contributed by atoms with E-state index in [0.717, 1.165) is 34.4 Å². The number of nitrogens with zero attached hydrogens (tertiary/aromatic N) is 3. The molecule has 0 unspecified atom stereocenters. The molecule has 8 heteroatoms. The predicted molar refractivity (Wildman–Crippen MR) is 98.3 cm³/mol. The van der Waals surface area contributed by atoms with Gasteiger partial charge in [-0.1, -0.05) is 29.5 Å². The van der Waals surface area contributed by atoms with E-state index in [-0.39, 0.29) is 5.69 Å². The van der Waals surface area contributed by atoms with Gasteiger partial charge in [-0.25, -0.2) is 14.9 Å². The van der Waals surface area contributed by atoms with Gasteiger partial charge in [0.05, 0.1) is 5.69 Å². The van der Waals surface area contributed by atoms with Crippen molar-refractivity contribution >= 4 is 23.1 Å². The maximum absolute atomic E-state index is 11.8. The molecule has 3 aromatic rings. The van der Waals surface area contributed by atoms with Gasteiger partial charge in [0.1, 0.15) is 17.4 Å². The first-order chi connectivity index (χ1) is 12.2. The van der Waals surface area contributed by atoms with Gasteiger partial charge in [0.15, 0.2) is 5.16 Å². The van der Waals surface area contributed by atoms with Crippen molar-refractivity contribution in [1.82, 2.24) is 19.7 Å². The highest BCUT2D eigenvalue weighted by Crippen LogP contribution is 2.36. The van der Waals surface area contributed by atoms with Crippen molar-refractivity contribution in [2.75, 3.05) is 0 Å². The van der Waals surface area contributed by atoms with Crippen LogP contribution in [-0.2, 0) is 12.4 Å². The Morgan fingerprint density at radius 1 is 1.36 bits per heavy atom. The van der Waals surface area contributed by atoms with Gasteiger partial charge in [-0.05, 0) is 31.9 Å². The van der Waals surface area contributed by atoms with Crippen LogP contribution in [0.4, 0.5) is 0 Å². The summed E-state index contributed by atoms with van der Waals surface area (Å²) in [6.45, 7) is 2.52. The zero-order valence-electron chi connectivity index (χ0n) is 13.8. The predicted octanol–water partition coefficient (Wildman–Crippen LogP) is 3.54. The summed E-state index contributed by atoms with van der Waals surface area (Å²) in [4.78, 5) is 16.4. The number of aryl methyl sites for hydroxylation is 1. The van der Waals surface area contributed by atoms with Crippen LogP contribution in [-0.4, -0.2) is 19.7 Å². The number of benzene rings is 1. The van der Waals surface area contributed by atoms with Crippen LogP contribution in [0.15, 0.2) is 39.6 Å². The Bertz CT molecular complexity index is 909. The van der Waals surface area contributed by atoms with Crippen molar-refractivity contribution in [2.24, 2.45) is 0 Å². The van der Waals surface area contributed by atoms with Gasteiger partial charge in [-0.15, -0.1) is 16.4 Å². The fraction of sp³-hybridized carbons (Fsp3) is 0.353. The Labute approximate surface area is 153 Å². The van der Waals surface area contributed by atoms with Crippen molar-refractivity contribution in [1.29, 1.82) is 0 Å². The average Bonchev–Trinajstić information content (AvgIpc) is 3.22. The SMILES string of the molecule is Cc1ccc(OCc2nc(CSc3n[nH]c(=O)n3C3CC3)cs2)cc1. The van der Waals surface area contributed by atoms with Crippen molar-refractivity contribution in [3.05, 3.63) is 56.4 Å². The van der Waals surface area contributed by atoms with Crippen LogP contribution in [0.3, 0.4) is 0 Å². The van der Waals surface area contributed by atoms with Crippen molar-refractivity contribution < 1.29 is 4.74 Å². The highest BCUT2D eigenvalue weighted by atomic mass is 32.2. The van der Waals surface area contributed by atoms with Crippen LogP contribution in [0.5, 0.6) is 5.75 Å². The van der Waals surface area contributed by atoms with Gasteiger partial charge in [-0.2, -0.15) is 0 Å². The molecule has 4 rings (SSSR count). The number of rotatable bonds is 7. The molecule has 6 nitrogen and oxygen atoms in total. The molecule has 25 heavy (non-hydrogen) atoms. The van der Waals surface area contributed by atoms with E-state index in [1.807, 2.05) is 29.6 Å². The first kappa shape index (κ1) is 16.4. The second kappa shape index (κ2) is 7.05. The number of nitrogens with one attached hydrogen (secondary N) is 1. The minimum absolute atomic E-state index is 0.115. The fourth-order valence-corrected chi connectivity index (χ4v) is 4.16. The van der Waals surface area contributed by atoms with Crippen molar-refractivity contribution in [3.8, 4) is 5.75 Å². The quantitative estimate of drug-likeness (QED) is 0.640. The number of thioether (sulfide) groups is 1. The number of ether oxygens (including phenoxy) is 1.